The van der Waals surface area contributed by atoms with Gasteiger partial charge in [-0.25, -0.2) is 4.68 Å². The molecule has 1 rings (SSSR count). The van der Waals surface area contributed by atoms with Crippen molar-refractivity contribution in [2.75, 3.05) is 92.2 Å². The highest BCUT2D eigenvalue weighted by molar-refractivity contribution is 5.92. The SMILES string of the molecule is CCCCNC(=O)c1cnnn1CCOCCOCCOCCOCCN(CC(O)C(O)C(O)CCO)CC(O)C(O)C(O)CCO. The van der Waals surface area contributed by atoms with E-state index in [2.05, 4.69) is 15.6 Å². The van der Waals surface area contributed by atoms with E-state index in [9.17, 15) is 35.4 Å². The van der Waals surface area contributed by atoms with Crippen LogP contribution in [0.4, 0.5) is 0 Å². The minimum atomic E-state index is -1.56. The number of aromatic nitrogens is 3. The summed E-state index contributed by atoms with van der Waals surface area (Å²) in [5, 5.41) is 89.3. The van der Waals surface area contributed by atoms with Gasteiger partial charge in [0, 0.05) is 39.4 Å². The molecule has 0 saturated carbocycles. The number of aliphatic hydroxyl groups is 8. The Bertz CT molecular complexity index is 876. The van der Waals surface area contributed by atoms with E-state index in [0.717, 1.165) is 12.8 Å². The van der Waals surface area contributed by atoms with Gasteiger partial charge in [0.1, 0.15) is 17.9 Å². The Hall–Kier alpha value is -1.91. The van der Waals surface area contributed by atoms with Gasteiger partial charge in [-0.05, 0) is 19.3 Å². The van der Waals surface area contributed by atoms with Crippen molar-refractivity contribution >= 4 is 5.91 Å². The zero-order valence-corrected chi connectivity index (χ0v) is 27.4. The van der Waals surface area contributed by atoms with E-state index in [1.165, 1.54) is 15.8 Å². The molecular weight excluding hydrogens is 626 g/mol. The zero-order chi connectivity index (χ0) is 34.9. The molecule has 276 valence electrons. The maximum atomic E-state index is 12.2. The molecule has 9 N–H and O–H groups in total. The summed E-state index contributed by atoms with van der Waals surface area (Å²) in [7, 11) is 0. The highest BCUT2D eigenvalue weighted by atomic mass is 16.6. The number of nitrogens with one attached hydrogen (secondary N) is 1. The van der Waals surface area contributed by atoms with Crippen LogP contribution in [0, 0.1) is 0 Å². The van der Waals surface area contributed by atoms with E-state index in [1.54, 1.807) is 0 Å². The molecule has 1 aromatic rings. The number of ether oxygens (including phenoxy) is 4. The molecule has 1 heterocycles. The molecule has 0 radical (unpaired) electrons. The lowest BCUT2D eigenvalue weighted by molar-refractivity contribution is -0.0945. The second kappa shape index (κ2) is 27.0. The van der Waals surface area contributed by atoms with E-state index >= 15 is 0 Å². The number of hydrogen-bond donors (Lipinski definition) is 9. The third-order valence-electron chi connectivity index (χ3n) is 7.10. The Kier molecular flexibility index (Phi) is 24.7. The topological polar surface area (TPSA) is 262 Å². The van der Waals surface area contributed by atoms with Crippen LogP contribution < -0.4 is 5.32 Å². The third-order valence-corrected chi connectivity index (χ3v) is 7.10. The summed E-state index contributed by atoms with van der Waals surface area (Å²) >= 11 is 0. The fourth-order valence-electron chi connectivity index (χ4n) is 4.30. The van der Waals surface area contributed by atoms with Crippen LogP contribution in [0.25, 0.3) is 0 Å². The molecule has 0 fully saturated rings. The van der Waals surface area contributed by atoms with Crippen molar-refractivity contribution in [3.05, 3.63) is 11.9 Å². The number of carbonyl (C=O) groups excluding carboxylic acids is 1. The van der Waals surface area contributed by atoms with Crippen molar-refractivity contribution in [3.8, 4) is 0 Å². The Balaban J connectivity index is 2.24. The largest absolute Gasteiger partial charge is 0.396 e. The summed E-state index contributed by atoms with van der Waals surface area (Å²) in [6.07, 6.45) is -5.68. The Morgan fingerprint density at radius 1 is 0.787 bits per heavy atom. The van der Waals surface area contributed by atoms with Gasteiger partial charge in [0.05, 0.1) is 90.0 Å². The molecule has 0 aliphatic rings. The van der Waals surface area contributed by atoms with Crippen LogP contribution in [0.5, 0.6) is 0 Å². The highest BCUT2D eigenvalue weighted by Crippen LogP contribution is 2.10. The van der Waals surface area contributed by atoms with Crippen molar-refractivity contribution < 1.29 is 64.6 Å². The molecule has 18 heteroatoms. The van der Waals surface area contributed by atoms with Gasteiger partial charge in [0.2, 0.25) is 0 Å². The first-order chi connectivity index (χ1) is 22.7. The average molecular weight is 684 g/mol. The first-order valence-electron chi connectivity index (χ1n) is 16.2. The van der Waals surface area contributed by atoms with E-state index in [1.807, 2.05) is 6.92 Å². The molecule has 0 aliphatic heterocycles. The number of hydrogen-bond acceptors (Lipinski definition) is 16. The minimum absolute atomic E-state index is 0.137. The molecule has 18 nitrogen and oxygen atoms in total. The molecule has 0 aromatic carbocycles. The number of rotatable bonds is 31. The summed E-state index contributed by atoms with van der Waals surface area (Å²) < 4.78 is 23.5. The fraction of sp³-hybridized carbons (Fsp3) is 0.897. The quantitative estimate of drug-likeness (QED) is 0.0339. The molecular formula is C29H57N5O13. The van der Waals surface area contributed by atoms with Crippen LogP contribution in [0.1, 0.15) is 43.1 Å². The lowest BCUT2D eigenvalue weighted by Crippen LogP contribution is -2.50. The zero-order valence-electron chi connectivity index (χ0n) is 27.4. The molecule has 0 aliphatic carbocycles. The number of unbranched alkanes of at least 4 members (excludes halogenated alkanes) is 1. The molecule has 0 bridgehead atoms. The maximum Gasteiger partial charge on any atom is 0.271 e. The van der Waals surface area contributed by atoms with E-state index in [0.29, 0.717) is 51.8 Å². The van der Waals surface area contributed by atoms with Gasteiger partial charge < -0.3 is 65.1 Å². The first-order valence-corrected chi connectivity index (χ1v) is 16.2. The van der Waals surface area contributed by atoms with Crippen LogP contribution in [-0.2, 0) is 25.5 Å². The predicted molar refractivity (Wildman–Crippen MR) is 166 cm³/mol. The predicted octanol–water partition coefficient (Wildman–Crippen LogP) is -3.89. The lowest BCUT2D eigenvalue weighted by Gasteiger charge is -2.32. The Labute approximate surface area is 275 Å². The van der Waals surface area contributed by atoms with Gasteiger partial charge in [-0.1, -0.05) is 18.6 Å². The van der Waals surface area contributed by atoms with Gasteiger partial charge in [0.25, 0.3) is 5.91 Å². The van der Waals surface area contributed by atoms with Crippen molar-refractivity contribution in [1.82, 2.24) is 25.2 Å². The number of aliphatic hydroxyl groups excluding tert-OH is 8. The standard InChI is InChI=1S/C29H57N5O13/c1-2-3-6-30-29(43)22-19-31-32-34(22)8-12-45-14-16-47-18-17-46-15-13-44-11-7-33(20-25(39)27(41)23(37)4-9-35)21-26(40)28(42)24(38)5-10-36/h19,23-28,35-42H,2-18,20-21H2,1H3,(H,30,43). The highest BCUT2D eigenvalue weighted by Gasteiger charge is 2.30. The molecule has 6 unspecified atom stereocenters. The molecule has 0 spiro atoms. The average Bonchev–Trinajstić information content (AvgIpc) is 3.53. The number of nitrogens with zero attached hydrogens (tertiary/aromatic N) is 4. The summed E-state index contributed by atoms with van der Waals surface area (Å²) in [6, 6.07) is 0. The Morgan fingerprint density at radius 2 is 1.28 bits per heavy atom. The summed E-state index contributed by atoms with van der Waals surface area (Å²) in [4.78, 5) is 13.7. The van der Waals surface area contributed by atoms with Gasteiger partial charge in [-0.15, -0.1) is 5.10 Å². The monoisotopic (exact) mass is 683 g/mol. The molecule has 1 aromatic heterocycles. The van der Waals surface area contributed by atoms with Gasteiger partial charge in [0.15, 0.2) is 0 Å². The van der Waals surface area contributed by atoms with Crippen molar-refractivity contribution in [1.29, 1.82) is 0 Å². The summed E-state index contributed by atoms with van der Waals surface area (Å²) in [5.41, 5.74) is 0.383. The smallest absolute Gasteiger partial charge is 0.271 e. The number of amides is 1. The summed E-state index contributed by atoms with van der Waals surface area (Å²) in [5.74, 6) is -0.217. The van der Waals surface area contributed by atoms with Crippen LogP contribution in [-0.4, -0.2) is 196 Å². The summed E-state index contributed by atoms with van der Waals surface area (Å²) in [6.45, 7) is 4.37. The van der Waals surface area contributed by atoms with E-state index in [4.69, 9.17) is 29.2 Å². The first kappa shape index (κ1) is 43.1. The number of carbonyl (C=O) groups is 1. The Morgan fingerprint density at radius 3 is 1.77 bits per heavy atom. The van der Waals surface area contributed by atoms with Crippen molar-refractivity contribution in [2.45, 2.75) is 75.8 Å². The van der Waals surface area contributed by atoms with Gasteiger partial charge >= 0.3 is 0 Å². The second-order valence-electron chi connectivity index (χ2n) is 10.9. The van der Waals surface area contributed by atoms with Gasteiger partial charge in [-0.3, -0.25) is 9.69 Å². The maximum absolute atomic E-state index is 12.2. The van der Waals surface area contributed by atoms with E-state index in [-0.39, 0.29) is 71.4 Å². The third kappa shape index (κ3) is 19.0. The minimum Gasteiger partial charge on any atom is -0.396 e. The van der Waals surface area contributed by atoms with Crippen LogP contribution >= 0.6 is 0 Å². The van der Waals surface area contributed by atoms with Gasteiger partial charge in [-0.2, -0.15) is 0 Å². The molecule has 1 amide bonds. The van der Waals surface area contributed by atoms with Crippen molar-refractivity contribution in [2.24, 2.45) is 0 Å². The van der Waals surface area contributed by atoms with Crippen molar-refractivity contribution in [3.63, 3.8) is 0 Å². The van der Waals surface area contributed by atoms with Crippen LogP contribution in [0.3, 0.4) is 0 Å². The second-order valence-corrected chi connectivity index (χ2v) is 10.9. The molecule has 6 atom stereocenters. The van der Waals surface area contributed by atoms with Crippen LogP contribution in [0.2, 0.25) is 0 Å². The van der Waals surface area contributed by atoms with E-state index < -0.39 is 36.6 Å². The van der Waals surface area contributed by atoms with Crippen LogP contribution in [0.15, 0.2) is 6.20 Å². The molecule has 47 heavy (non-hydrogen) atoms. The normalized spacial score (nSPS) is 15.8. The lowest BCUT2D eigenvalue weighted by atomic mass is 10.0. The molecule has 0 saturated heterocycles. The fourth-order valence-corrected chi connectivity index (χ4v) is 4.30.